The molecular weight excluding hydrogens is 368 g/mol. The largest absolute Gasteiger partial charge is 0.370 e. The van der Waals surface area contributed by atoms with Gasteiger partial charge in [-0.3, -0.25) is 9.59 Å². The van der Waals surface area contributed by atoms with Gasteiger partial charge >= 0.3 is 0 Å². The number of aromatic nitrogens is 2. The first-order chi connectivity index (χ1) is 12.8. The van der Waals surface area contributed by atoms with Crippen molar-refractivity contribution >= 4 is 46.0 Å². The summed E-state index contributed by atoms with van der Waals surface area (Å²) in [5.41, 5.74) is 19.0. The number of fused-ring (bicyclic) bond motifs is 1. The zero-order valence-corrected chi connectivity index (χ0v) is 14.9. The van der Waals surface area contributed by atoms with Crippen LogP contribution in [0.25, 0.3) is 22.2 Å². The van der Waals surface area contributed by atoms with Crippen LogP contribution in [0.1, 0.15) is 6.42 Å². The van der Waals surface area contributed by atoms with E-state index in [4.69, 9.17) is 28.8 Å². The Morgan fingerprint density at radius 1 is 1.15 bits per heavy atom. The summed E-state index contributed by atoms with van der Waals surface area (Å²) in [6, 6.07) is 11.2. The molecule has 27 heavy (non-hydrogen) atoms. The molecule has 0 radical (unpaired) electrons. The summed E-state index contributed by atoms with van der Waals surface area (Å²) in [5, 5.41) is 3.93. The summed E-state index contributed by atoms with van der Waals surface area (Å²) in [6.45, 7) is 0. The maximum absolute atomic E-state index is 12.1. The topological polar surface area (TPSA) is 150 Å². The second-order valence-electron chi connectivity index (χ2n) is 5.94. The molecule has 0 aliphatic heterocycles. The SMILES string of the molecule is NC(=O)C[C@H](N)C(=O)Nc1cccc(-c2nc(N)nc3ccc(Cl)cc23)c1. The molecule has 1 heterocycles. The van der Waals surface area contributed by atoms with E-state index in [2.05, 4.69) is 15.3 Å². The number of carbonyl (C=O) groups is 2. The third-order valence-electron chi connectivity index (χ3n) is 3.84. The van der Waals surface area contributed by atoms with Gasteiger partial charge in [0.15, 0.2) is 0 Å². The number of nitrogens with two attached hydrogens (primary N) is 3. The van der Waals surface area contributed by atoms with Crippen LogP contribution in [0.4, 0.5) is 11.6 Å². The van der Waals surface area contributed by atoms with E-state index in [1.54, 1.807) is 36.4 Å². The minimum absolute atomic E-state index is 0.123. The van der Waals surface area contributed by atoms with Gasteiger partial charge in [0.1, 0.15) is 0 Å². The van der Waals surface area contributed by atoms with Crippen LogP contribution in [0.5, 0.6) is 0 Å². The number of hydrogen-bond acceptors (Lipinski definition) is 6. The van der Waals surface area contributed by atoms with Gasteiger partial charge in [0.2, 0.25) is 17.8 Å². The van der Waals surface area contributed by atoms with Gasteiger partial charge in [0.05, 0.1) is 23.7 Å². The Morgan fingerprint density at radius 3 is 2.67 bits per heavy atom. The maximum Gasteiger partial charge on any atom is 0.241 e. The molecule has 0 unspecified atom stereocenters. The van der Waals surface area contributed by atoms with E-state index in [-0.39, 0.29) is 12.4 Å². The molecule has 9 heteroatoms. The lowest BCUT2D eigenvalue weighted by molar-refractivity contribution is -0.123. The molecule has 0 spiro atoms. The van der Waals surface area contributed by atoms with E-state index in [0.29, 0.717) is 27.5 Å². The number of carbonyl (C=O) groups excluding carboxylic acids is 2. The average molecular weight is 385 g/mol. The predicted molar refractivity (Wildman–Crippen MR) is 105 cm³/mol. The zero-order valence-electron chi connectivity index (χ0n) is 14.1. The third-order valence-corrected chi connectivity index (χ3v) is 4.07. The highest BCUT2D eigenvalue weighted by Gasteiger charge is 2.17. The Bertz CT molecular complexity index is 1040. The van der Waals surface area contributed by atoms with Gasteiger partial charge in [-0.15, -0.1) is 0 Å². The van der Waals surface area contributed by atoms with Crippen LogP contribution >= 0.6 is 11.6 Å². The lowest BCUT2D eigenvalue weighted by atomic mass is 10.1. The highest BCUT2D eigenvalue weighted by atomic mass is 35.5. The number of halogens is 1. The Kier molecular flexibility index (Phi) is 5.20. The number of hydrogen-bond donors (Lipinski definition) is 4. The average Bonchev–Trinajstić information content (AvgIpc) is 2.61. The van der Waals surface area contributed by atoms with E-state index in [9.17, 15) is 9.59 Å². The van der Waals surface area contributed by atoms with Gasteiger partial charge in [-0.2, -0.15) is 0 Å². The van der Waals surface area contributed by atoms with Crippen molar-refractivity contribution in [1.82, 2.24) is 9.97 Å². The fraction of sp³-hybridized carbons (Fsp3) is 0.111. The first kappa shape index (κ1) is 18.6. The van der Waals surface area contributed by atoms with Gasteiger partial charge < -0.3 is 22.5 Å². The molecule has 3 rings (SSSR count). The summed E-state index contributed by atoms with van der Waals surface area (Å²) in [5.74, 6) is -1.04. The molecular formula is C18H17ClN6O2. The molecule has 8 nitrogen and oxygen atoms in total. The van der Waals surface area contributed by atoms with Gasteiger partial charge in [-0.1, -0.05) is 23.7 Å². The first-order valence-electron chi connectivity index (χ1n) is 8.01. The molecule has 7 N–H and O–H groups in total. The third kappa shape index (κ3) is 4.30. The van der Waals surface area contributed by atoms with Crippen molar-refractivity contribution in [3.8, 4) is 11.3 Å². The smallest absolute Gasteiger partial charge is 0.241 e. The van der Waals surface area contributed by atoms with Crippen molar-refractivity contribution in [1.29, 1.82) is 0 Å². The number of nitrogens with one attached hydrogen (secondary N) is 1. The van der Waals surface area contributed by atoms with Gasteiger partial charge in [0, 0.05) is 21.7 Å². The first-order valence-corrected chi connectivity index (χ1v) is 8.39. The van der Waals surface area contributed by atoms with Crippen molar-refractivity contribution in [2.45, 2.75) is 12.5 Å². The standard InChI is InChI=1S/C18H17ClN6O2/c19-10-4-5-14-12(7-10)16(25-18(22)24-14)9-2-1-3-11(6-9)23-17(27)13(20)8-15(21)26/h1-7,13H,8,20H2,(H2,21,26)(H,23,27)(H2,22,24,25)/t13-/m0/s1. The van der Waals surface area contributed by atoms with Crippen molar-refractivity contribution in [3.63, 3.8) is 0 Å². The summed E-state index contributed by atoms with van der Waals surface area (Å²) in [6.07, 6.45) is -0.239. The monoisotopic (exact) mass is 384 g/mol. The zero-order chi connectivity index (χ0) is 19.6. The predicted octanol–water partition coefficient (Wildman–Crippen LogP) is 1.67. The normalized spacial score (nSPS) is 11.9. The van der Waals surface area contributed by atoms with Crippen LogP contribution in [0.15, 0.2) is 42.5 Å². The van der Waals surface area contributed by atoms with Crippen molar-refractivity contribution < 1.29 is 9.59 Å². The Hall–Kier alpha value is -3.23. The highest BCUT2D eigenvalue weighted by Crippen LogP contribution is 2.30. The quantitative estimate of drug-likeness (QED) is 0.525. The Morgan fingerprint density at radius 2 is 1.93 bits per heavy atom. The van der Waals surface area contributed by atoms with E-state index >= 15 is 0 Å². The van der Waals surface area contributed by atoms with Gasteiger partial charge in [-0.05, 0) is 30.3 Å². The lowest BCUT2D eigenvalue weighted by Gasteiger charge is -2.12. The lowest BCUT2D eigenvalue weighted by Crippen LogP contribution is -2.38. The van der Waals surface area contributed by atoms with E-state index in [1.165, 1.54) is 0 Å². The minimum atomic E-state index is -1.03. The van der Waals surface area contributed by atoms with Crippen molar-refractivity contribution in [2.75, 3.05) is 11.1 Å². The van der Waals surface area contributed by atoms with E-state index in [0.717, 1.165) is 5.39 Å². The molecule has 0 aliphatic rings. The molecule has 2 aromatic carbocycles. The Labute approximate surface area is 159 Å². The van der Waals surface area contributed by atoms with Crippen LogP contribution in [-0.4, -0.2) is 27.8 Å². The van der Waals surface area contributed by atoms with Gasteiger partial charge in [-0.25, -0.2) is 9.97 Å². The fourth-order valence-corrected chi connectivity index (χ4v) is 2.80. The molecule has 0 saturated heterocycles. The highest BCUT2D eigenvalue weighted by molar-refractivity contribution is 6.31. The number of primary amides is 1. The molecule has 0 saturated carbocycles. The van der Waals surface area contributed by atoms with E-state index < -0.39 is 17.9 Å². The van der Waals surface area contributed by atoms with Crippen molar-refractivity contribution in [3.05, 3.63) is 47.5 Å². The molecule has 3 aromatic rings. The molecule has 1 aromatic heterocycles. The number of benzene rings is 2. The molecule has 0 fully saturated rings. The molecule has 138 valence electrons. The minimum Gasteiger partial charge on any atom is -0.370 e. The maximum atomic E-state index is 12.1. The molecule has 0 aliphatic carbocycles. The second-order valence-corrected chi connectivity index (χ2v) is 6.38. The number of rotatable bonds is 5. The number of nitrogens with zero attached hydrogens (tertiary/aromatic N) is 2. The van der Waals surface area contributed by atoms with Crippen LogP contribution in [0.3, 0.4) is 0 Å². The summed E-state index contributed by atoms with van der Waals surface area (Å²) < 4.78 is 0. The molecule has 2 amide bonds. The van der Waals surface area contributed by atoms with Crippen molar-refractivity contribution in [2.24, 2.45) is 11.5 Å². The number of amides is 2. The number of anilines is 2. The van der Waals surface area contributed by atoms with E-state index in [1.807, 2.05) is 6.07 Å². The van der Waals surface area contributed by atoms with Crippen LogP contribution in [0.2, 0.25) is 5.02 Å². The summed E-state index contributed by atoms with van der Waals surface area (Å²) in [4.78, 5) is 31.5. The summed E-state index contributed by atoms with van der Waals surface area (Å²) in [7, 11) is 0. The van der Waals surface area contributed by atoms with Crippen LogP contribution in [0, 0.1) is 0 Å². The summed E-state index contributed by atoms with van der Waals surface area (Å²) >= 11 is 6.10. The fourth-order valence-electron chi connectivity index (χ4n) is 2.63. The number of nitrogen functional groups attached to an aromatic ring is 1. The molecule has 0 bridgehead atoms. The van der Waals surface area contributed by atoms with Crippen LogP contribution < -0.4 is 22.5 Å². The van der Waals surface area contributed by atoms with Gasteiger partial charge in [0.25, 0.3) is 0 Å². The van der Waals surface area contributed by atoms with Crippen LogP contribution in [-0.2, 0) is 9.59 Å². The Balaban J connectivity index is 1.97. The molecule has 1 atom stereocenters. The second kappa shape index (κ2) is 7.56.